The third kappa shape index (κ3) is 5.59. The molecule has 2 N–H and O–H groups in total. The monoisotopic (exact) mass is 372 g/mol. The van der Waals surface area contributed by atoms with E-state index in [-0.39, 0.29) is 29.1 Å². The van der Waals surface area contributed by atoms with Gasteiger partial charge >= 0.3 is 0 Å². The standard InChI is InChI=1S/C15H17FN2O4S2/c1-11(19)17-10-14-6-7-15(23-14)24(20,21)18-8-9-22-13-4-2-12(16)3-5-13/h2-7,18H,8-10H2,1H3,(H,17,19). The Kier molecular flexibility index (Phi) is 6.29. The first kappa shape index (κ1) is 18.4. The van der Waals surface area contributed by atoms with E-state index in [1.54, 1.807) is 6.07 Å². The van der Waals surface area contributed by atoms with E-state index in [9.17, 15) is 17.6 Å². The lowest BCUT2D eigenvalue weighted by atomic mass is 10.3. The fourth-order valence-corrected chi connectivity index (χ4v) is 4.11. The van der Waals surface area contributed by atoms with Gasteiger partial charge in [-0.3, -0.25) is 4.79 Å². The topological polar surface area (TPSA) is 84.5 Å². The predicted octanol–water partition coefficient (Wildman–Crippen LogP) is 1.88. The maximum atomic E-state index is 12.8. The molecule has 0 saturated carbocycles. The van der Waals surface area contributed by atoms with Crippen molar-refractivity contribution in [2.45, 2.75) is 17.7 Å². The second kappa shape index (κ2) is 8.22. The normalized spacial score (nSPS) is 11.2. The van der Waals surface area contributed by atoms with Crippen LogP contribution in [-0.2, 0) is 21.4 Å². The molecule has 0 fully saturated rings. The van der Waals surface area contributed by atoms with Crippen molar-refractivity contribution in [3.05, 3.63) is 47.1 Å². The molecule has 0 aliphatic carbocycles. The van der Waals surface area contributed by atoms with Crippen LogP contribution < -0.4 is 14.8 Å². The predicted molar refractivity (Wildman–Crippen MR) is 88.9 cm³/mol. The average Bonchev–Trinajstić information content (AvgIpc) is 3.01. The number of ether oxygens (including phenoxy) is 1. The van der Waals surface area contributed by atoms with Gasteiger partial charge in [0.25, 0.3) is 0 Å². The molecule has 24 heavy (non-hydrogen) atoms. The Morgan fingerprint density at radius 1 is 1.21 bits per heavy atom. The number of nitrogens with one attached hydrogen (secondary N) is 2. The van der Waals surface area contributed by atoms with Gasteiger partial charge in [-0.15, -0.1) is 11.3 Å². The van der Waals surface area contributed by atoms with Gasteiger partial charge in [0, 0.05) is 18.3 Å². The number of hydrogen-bond donors (Lipinski definition) is 2. The van der Waals surface area contributed by atoms with Gasteiger partial charge in [0.2, 0.25) is 15.9 Å². The highest BCUT2D eigenvalue weighted by Gasteiger charge is 2.16. The number of amides is 1. The van der Waals surface area contributed by atoms with E-state index in [1.165, 1.54) is 37.3 Å². The van der Waals surface area contributed by atoms with Crippen molar-refractivity contribution in [3.8, 4) is 5.75 Å². The first-order valence-corrected chi connectivity index (χ1v) is 9.38. The van der Waals surface area contributed by atoms with Gasteiger partial charge in [-0.25, -0.2) is 17.5 Å². The van der Waals surface area contributed by atoms with Crippen LogP contribution in [0.1, 0.15) is 11.8 Å². The Morgan fingerprint density at radius 3 is 2.58 bits per heavy atom. The smallest absolute Gasteiger partial charge is 0.250 e. The lowest BCUT2D eigenvalue weighted by molar-refractivity contribution is -0.119. The molecule has 1 aromatic heterocycles. The molecule has 0 saturated heterocycles. The number of sulfonamides is 1. The molecule has 2 aromatic rings. The minimum Gasteiger partial charge on any atom is -0.492 e. The Hall–Kier alpha value is -1.97. The molecule has 0 atom stereocenters. The SMILES string of the molecule is CC(=O)NCc1ccc(S(=O)(=O)NCCOc2ccc(F)cc2)s1. The number of benzene rings is 1. The van der Waals surface area contributed by atoms with Crippen LogP contribution >= 0.6 is 11.3 Å². The highest BCUT2D eigenvalue weighted by atomic mass is 32.2. The van der Waals surface area contributed by atoms with Crippen molar-refractivity contribution in [2.75, 3.05) is 13.2 Å². The van der Waals surface area contributed by atoms with Crippen molar-refractivity contribution in [2.24, 2.45) is 0 Å². The zero-order chi connectivity index (χ0) is 17.6. The van der Waals surface area contributed by atoms with Gasteiger partial charge in [0.05, 0.1) is 6.54 Å². The van der Waals surface area contributed by atoms with Gasteiger partial charge in [-0.2, -0.15) is 0 Å². The first-order valence-electron chi connectivity index (χ1n) is 7.08. The summed E-state index contributed by atoms with van der Waals surface area (Å²) in [6, 6.07) is 8.62. The zero-order valence-electron chi connectivity index (χ0n) is 12.9. The van der Waals surface area contributed by atoms with Crippen molar-refractivity contribution in [1.29, 1.82) is 0 Å². The summed E-state index contributed by atoms with van der Waals surface area (Å²) in [5.41, 5.74) is 0. The van der Waals surface area contributed by atoms with Crippen molar-refractivity contribution in [3.63, 3.8) is 0 Å². The second-order valence-corrected chi connectivity index (χ2v) is 7.99. The lowest BCUT2D eigenvalue weighted by Crippen LogP contribution is -2.27. The first-order chi connectivity index (χ1) is 11.4. The lowest BCUT2D eigenvalue weighted by Gasteiger charge is -2.07. The summed E-state index contributed by atoms with van der Waals surface area (Å²) in [4.78, 5) is 11.6. The number of rotatable bonds is 8. The van der Waals surface area contributed by atoms with Crippen LogP contribution in [0.3, 0.4) is 0 Å². The molecule has 0 aliphatic heterocycles. The van der Waals surface area contributed by atoms with E-state index in [0.29, 0.717) is 12.3 Å². The summed E-state index contributed by atoms with van der Waals surface area (Å²) < 4.78 is 45.0. The molecule has 130 valence electrons. The van der Waals surface area contributed by atoms with Crippen LogP contribution in [0.15, 0.2) is 40.6 Å². The van der Waals surface area contributed by atoms with Crippen LogP contribution in [-0.4, -0.2) is 27.5 Å². The minimum absolute atomic E-state index is 0.0820. The van der Waals surface area contributed by atoms with Gasteiger partial charge < -0.3 is 10.1 Å². The molecule has 0 unspecified atom stereocenters. The molecule has 1 aromatic carbocycles. The van der Waals surface area contributed by atoms with Crippen LogP contribution in [0.5, 0.6) is 5.75 Å². The maximum Gasteiger partial charge on any atom is 0.250 e. The number of hydrogen-bond acceptors (Lipinski definition) is 5. The summed E-state index contributed by atoms with van der Waals surface area (Å²) >= 11 is 1.09. The zero-order valence-corrected chi connectivity index (χ0v) is 14.5. The molecule has 9 heteroatoms. The number of carbonyl (C=O) groups is 1. The Labute approximate surface area is 143 Å². The summed E-state index contributed by atoms with van der Waals surface area (Å²) in [6.07, 6.45) is 0. The Balaban J connectivity index is 1.82. The summed E-state index contributed by atoms with van der Waals surface area (Å²) in [5.74, 6) is -0.0796. The average molecular weight is 372 g/mol. The maximum absolute atomic E-state index is 12.8. The van der Waals surface area contributed by atoms with E-state index in [1.807, 2.05) is 0 Å². The quantitative estimate of drug-likeness (QED) is 0.693. The molecule has 0 radical (unpaired) electrons. The molecular formula is C15H17FN2O4S2. The largest absolute Gasteiger partial charge is 0.492 e. The summed E-state index contributed by atoms with van der Waals surface area (Å²) in [5, 5.41) is 2.61. The number of carbonyl (C=O) groups excluding carboxylic acids is 1. The van der Waals surface area contributed by atoms with Gasteiger partial charge in [-0.1, -0.05) is 0 Å². The summed E-state index contributed by atoms with van der Waals surface area (Å²) in [7, 11) is -3.62. The Morgan fingerprint density at radius 2 is 1.92 bits per heavy atom. The highest BCUT2D eigenvalue weighted by Crippen LogP contribution is 2.21. The van der Waals surface area contributed by atoms with E-state index < -0.39 is 10.0 Å². The van der Waals surface area contributed by atoms with Gasteiger partial charge in [-0.05, 0) is 36.4 Å². The van der Waals surface area contributed by atoms with Crippen LogP contribution in [0.2, 0.25) is 0 Å². The fraction of sp³-hybridized carbons (Fsp3) is 0.267. The molecule has 1 heterocycles. The van der Waals surface area contributed by atoms with Crippen molar-refractivity contribution < 1.29 is 22.3 Å². The van der Waals surface area contributed by atoms with Crippen LogP contribution in [0.25, 0.3) is 0 Å². The van der Waals surface area contributed by atoms with Crippen LogP contribution in [0, 0.1) is 5.82 Å². The van der Waals surface area contributed by atoms with Gasteiger partial charge in [0.15, 0.2) is 0 Å². The van der Waals surface area contributed by atoms with Crippen molar-refractivity contribution in [1.82, 2.24) is 10.0 Å². The highest BCUT2D eigenvalue weighted by molar-refractivity contribution is 7.91. The number of halogens is 1. The molecule has 6 nitrogen and oxygen atoms in total. The third-order valence-electron chi connectivity index (χ3n) is 2.89. The second-order valence-electron chi connectivity index (χ2n) is 4.83. The van der Waals surface area contributed by atoms with Gasteiger partial charge in [0.1, 0.15) is 22.4 Å². The number of thiophene rings is 1. The van der Waals surface area contributed by atoms with Crippen molar-refractivity contribution >= 4 is 27.3 Å². The minimum atomic E-state index is -3.62. The Bertz CT molecular complexity index is 788. The van der Waals surface area contributed by atoms with E-state index in [2.05, 4.69) is 10.0 Å². The fourth-order valence-electron chi connectivity index (χ4n) is 1.76. The molecule has 0 spiro atoms. The molecule has 2 rings (SSSR count). The molecule has 1 amide bonds. The van der Waals surface area contributed by atoms with Crippen LogP contribution in [0.4, 0.5) is 4.39 Å². The molecule has 0 bridgehead atoms. The van der Waals surface area contributed by atoms with E-state index in [0.717, 1.165) is 16.2 Å². The summed E-state index contributed by atoms with van der Waals surface area (Å²) in [6.45, 7) is 1.89. The van der Waals surface area contributed by atoms with E-state index in [4.69, 9.17) is 4.74 Å². The molecule has 0 aliphatic rings. The van der Waals surface area contributed by atoms with E-state index >= 15 is 0 Å². The molecular weight excluding hydrogens is 355 g/mol. The third-order valence-corrected chi connectivity index (χ3v) is 5.93.